The molecule has 1 amide bonds. The molecule has 8 heteroatoms. The molecule has 4 rings (SSSR count). The van der Waals surface area contributed by atoms with Crippen molar-refractivity contribution in [2.24, 2.45) is 0 Å². The number of amides is 1. The summed E-state index contributed by atoms with van der Waals surface area (Å²) in [5, 5.41) is 7.35. The van der Waals surface area contributed by atoms with Gasteiger partial charge in [0.1, 0.15) is 18.9 Å². The van der Waals surface area contributed by atoms with Gasteiger partial charge in [0.25, 0.3) is 0 Å². The van der Waals surface area contributed by atoms with Gasteiger partial charge in [0.15, 0.2) is 0 Å². The van der Waals surface area contributed by atoms with Crippen molar-refractivity contribution in [3.05, 3.63) is 82.8 Å². The molecule has 1 atom stereocenters. The van der Waals surface area contributed by atoms with Crippen LogP contribution in [0.2, 0.25) is 0 Å². The summed E-state index contributed by atoms with van der Waals surface area (Å²) in [5.41, 5.74) is 4.75. The number of rotatable bonds is 6. The first-order valence-electron chi connectivity index (χ1n) is 10.9. The lowest BCUT2D eigenvalue weighted by molar-refractivity contribution is -0.139. The molecule has 170 valence electrons. The molecule has 1 aliphatic heterocycles. The van der Waals surface area contributed by atoms with Crippen LogP contribution in [-0.2, 0) is 14.3 Å². The quantitative estimate of drug-likeness (QED) is 0.581. The van der Waals surface area contributed by atoms with E-state index in [9.17, 15) is 9.59 Å². The molecule has 8 nitrogen and oxygen atoms in total. The Morgan fingerprint density at radius 2 is 1.79 bits per heavy atom. The van der Waals surface area contributed by atoms with E-state index in [1.54, 1.807) is 16.5 Å². The largest absolute Gasteiger partial charge is 0.463 e. The van der Waals surface area contributed by atoms with Crippen LogP contribution < -0.4 is 10.2 Å². The third-order valence-electron chi connectivity index (χ3n) is 5.72. The SMILES string of the molecule is CCOC(=O)C1=C(C)N(CC(=O)Nc2ccccc2C)c2ncnn2[C@@H]1c1ccc(C)cc1. The number of carbonyl (C=O) groups is 2. The zero-order valence-electron chi connectivity index (χ0n) is 19.2. The summed E-state index contributed by atoms with van der Waals surface area (Å²) in [5.74, 6) is -0.174. The molecule has 2 aromatic carbocycles. The van der Waals surface area contributed by atoms with E-state index in [1.807, 2.05) is 69.3 Å². The summed E-state index contributed by atoms with van der Waals surface area (Å²) in [6.45, 7) is 7.74. The molecule has 0 spiro atoms. The molecular weight excluding hydrogens is 418 g/mol. The highest BCUT2D eigenvalue weighted by Crippen LogP contribution is 2.38. The predicted molar refractivity (Wildman–Crippen MR) is 126 cm³/mol. The Morgan fingerprint density at radius 1 is 1.06 bits per heavy atom. The number of ether oxygens (including phenoxy) is 1. The van der Waals surface area contributed by atoms with Crippen LogP contribution in [0.3, 0.4) is 0 Å². The molecular formula is C25H27N5O3. The summed E-state index contributed by atoms with van der Waals surface area (Å²) in [7, 11) is 0. The number of nitrogens with zero attached hydrogens (tertiary/aromatic N) is 4. The van der Waals surface area contributed by atoms with Crippen molar-refractivity contribution in [2.45, 2.75) is 33.7 Å². The van der Waals surface area contributed by atoms with Gasteiger partial charge in [0, 0.05) is 11.4 Å². The topological polar surface area (TPSA) is 89.3 Å². The highest BCUT2D eigenvalue weighted by molar-refractivity contribution is 5.97. The average Bonchev–Trinajstić information content (AvgIpc) is 3.27. The number of hydrogen-bond acceptors (Lipinski definition) is 6. The highest BCUT2D eigenvalue weighted by Gasteiger charge is 2.38. The normalized spacial score (nSPS) is 15.3. The fourth-order valence-corrected chi connectivity index (χ4v) is 4.00. The molecule has 1 aromatic heterocycles. The van der Waals surface area contributed by atoms with Crippen molar-refractivity contribution in [3.8, 4) is 0 Å². The zero-order chi connectivity index (χ0) is 23.5. The van der Waals surface area contributed by atoms with Gasteiger partial charge in [0.05, 0.1) is 12.2 Å². The second-order valence-corrected chi connectivity index (χ2v) is 7.99. The van der Waals surface area contributed by atoms with Crippen molar-refractivity contribution in [1.29, 1.82) is 0 Å². The van der Waals surface area contributed by atoms with Gasteiger partial charge < -0.3 is 15.0 Å². The molecule has 0 radical (unpaired) electrons. The summed E-state index contributed by atoms with van der Waals surface area (Å²) < 4.78 is 7.07. The number of para-hydroxylation sites is 1. The maximum atomic E-state index is 13.1. The van der Waals surface area contributed by atoms with Gasteiger partial charge >= 0.3 is 5.97 Å². The Labute approximate surface area is 192 Å². The van der Waals surface area contributed by atoms with Gasteiger partial charge in [-0.05, 0) is 44.9 Å². The maximum absolute atomic E-state index is 13.1. The molecule has 1 N–H and O–H groups in total. The van der Waals surface area contributed by atoms with Crippen molar-refractivity contribution in [1.82, 2.24) is 14.8 Å². The molecule has 33 heavy (non-hydrogen) atoms. The van der Waals surface area contributed by atoms with Crippen LogP contribution in [0.4, 0.5) is 11.6 Å². The minimum Gasteiger partial charge on any atom is -0.463 e. The Hall–Kier alpha value is -3.94. The number of benzene rings is 2. The fraction of sp³-hybridized carbons (Fsp3) is 0.280. The van der Waals surface area contributed by atoms with Crippen LogP contribution in [0.25, 0.3) is 0 Å². The monoisotopic (exact) mass is 445 g/mol. The van der Waals surface area contributed by atoms with Crippen LogP contribution in [-0.4, -0.2) is 39.8 Å². The van der Waals surface area contributed by atoms with Crippen LogP contribution in [0, 0.1) is 13.8 Å². The van der Waals surface area contributed by atoms with Crippen molar-refractivity contribution < 1.29 is 14.3 Å². The lowest BCUT2D eigenvalue weighted by Crippen LogP contribution is -2.41. The lowest BCUT2D eigenvalue weighted by atomic mass is 9.94. The molecule has 2 heterocycles. The third-order valence-corrected chi connectivity index (χ3v) is 5.72. The van der Waals surface area contributed by atoms with E-state index in [1.165, 1.54) is 6.33 Å². The second kappa shape index (κ2) is 9.28. The van der Waals surface area contributed by atoms with Gasteiger partial charge in [-0.3, -0.25) is 4.79 Å². The number of allylic oxidation sites excluding steroid dienone is 1. The first-order valence-corrected chi connectivity index (χ1v) is 10.9. The zero-order valence-corrected chi connectivity index (χ0v) is 19.2. The summed E-state index contributed by atoms with van der Waals surface area (Å²) in [6.07, 6.45) is 1.43. The summed E-state index contributed by atoms with van der Waals surface area (Å²) in [4.78, 5) is 32.2. The Bertz CT molecular complexity index is 1210. The van der Waals surface area contributed by atoms with Gasteiger partial charge in [-0.2, -0.15) is 10.1 Å². The number of fused-ring (bicyclic) bond motifs is 1. The first-order chi connectivity index (χ1) is 15.9. The Balaban J connectivity index is 1.74. The third kappa shape index (κ3) is 4.37. The summed E-state index contributed by atoms with van der Waals surface area (Å²) >= 11 is 0. The minimum absolute atomic E-state index is 0.0254. The van der Waals surface area contributed by atoms with Gasteiger partial charge in [-0.15, -0.1) is 0 Å². The fourth-order valence-electron chi connectivity index (χ4n) is 4.00. The van der Waals surface area contributed by atoms with Gasteiger partial charge in [-0.25, -0.2) is 9.48 Å². The number of anilines is 2. The average molecular weight is 446 g/mol. The van der Waals surface area contributed by atoms with E-state index in [2.05, 4.69) is 15.4 Å². The smallest absolute Gasteiger partial charge is 0.338 e. The van der Waals surface area contributed by atoms with Crippen molar-refractivity contribution in [3.63, 3.8) is 0 Å². The van der Waals surface area contributed by atoms with Crippen LogP contribution in [0.5, 0.6) is 0 Å². The number of nitrogens with one attached hydrogen (secondary N) is 1. The van der Waals surface area contributed by atoms with Gasteiger partial charge in [0.2, 0.25) is 11.9 Å². The van der Waals surface area contributed by atoms with E-state index >= 15 is 0 Å². The molecule has 0 saturated carbocycles. The van der Waals surface area contributed by atoms with E-state index in [0.717, 1.165) is 22.4 Å². The Kier molecular flexibility index (Phi) is 6.26. The van der Waals surface area contributed by atoms with Crippen molar-refractivity contribution in [2.75, 3.05) is 23.4 Å². The molecule has 0 bridgehead atoms. The van der Waals surface area contributed by atoms with E-state index < -0.39 is 12.0 Å². The standard InChI is InChI=1S/C25H27N5O3/c1-5-33-24(32)22-18(4)29(14-21(31)28-20-9-7-6-8-17(20)3)25-26-15-27-30(25)23(22)19-12-10-16(2)11-13-19/h6-13,15,23H,5,14H2,1-4H3,(H,28,31)/t23-/m1/s1. The molecule has 0 saturated heterocycles. The number of aromatic nitrogens is 3. The Morgan fingerprint density at radius 3 is 2.48 bits per heavy atom. The number of esters is 1. The van der Waals surface area contributed by atoms with E-state index in [0.29, 0.717) is 17.2 Å². The van der Waals surface area contributed by atoms with Gasteiger partial charge in [-0.1, -0.05) is 48.0 Å². The first kappa shape index (κ1) is 22.3. The number of hydrogen-bond donors (Lipinski definition) is 1. The predicted octanol–water partition coefficient (Wildman–Crippen LogP) is 3.78. The maximum Gasteiger partial charge on any atom is 0.338 e. The highest BCUT2D eigenvalue weighted by atomic mass is 16.5. The molecule has 0 fully saturated rings. The molecule has 1 aliphatic rings. The lowest BCUT2D eigenvalue weighted by Gasteiger charge is -2.35. The van der Waals surface area contributed by atoms with Crippen LogP contribution >= 0.6 is 0 Å². The van der Waals surface area contributed by atoms with Crippen LogP contribution in [0.1, 0.15) is 36.6 Å². The van der Waals surface area contributed by atoms with Crippen molar-refractivity contribution >= 4 is 23.5 Å². The molecule has 0 aliphatic carbocycles. The second-order valence-electron chi connectivity index (χ2n) is 7.99. The minimum atomic E-state index is -0.502. The van der Waals surface area contributed by atoms with E-state index in [4.69, 9.17) is 4.74 Å². The molecule has 3 aromatic rings. The van der Waals surface area contributed by atoms with Crippen LogP contribution in [0.15, 0.2) is 66.1 Å². The molecule has 0 unspecified atom stereocenters. The summed E-state index contributed by atoms with van der Waals surface area (Å²) in [6, 6.07) is 15.0. The number of carbonyl (C=O) groups excluding carboxylic acids is 2. The number of aryl methyl sites for hydroxylation is 2. The van der Waals surface area contributed by atoms with E-state index in [-0.39, 0.29) is 19.1 Å².